The molecule has 1 aliphatic carbocycles. The van der Waals surface area contributed by atoms with Crippen molar-refractivity contribution < 1.29 is 9.84 Å². The Morgan fingerprint density at radius 2 is 2.10 bits per heavy atom. The van der Waals surface area contributed by atoms with Crippen molar-refractivity contribution in [1.82, 2.24) is 4.98 Å². The first kappa shape index (κ1) is 15.3. The fourth-order valence-electron chi connectivity index (χ4n) is 2.67. The highest BCUT2D eigenvalue weighted by molar-refractivity contribution is 7.16. The molecule has 1 heterocycles. The molecule has 4 nitrogen and oxygen atoms in total. The largest absolute Gasteiger partial charge is 0.480 e. The standard InChI is InChI=1S/C15H24N2O2S/c1-17(2)15-16-14(19-3)13(20-15)9-12(10-18)11-7-5-4-6-8-11/h9,11,18H,4-8,10H2,1-3H3/b12-9-. The van der Waals surface area contributed by atoms with E-state index in [1.54, 1.807) is 18.4 Å². The molecule has 0 radical (unpaired) electrons. The Labute approximate surface area is 125 Å². The van der Waals surface area contributed by atoms with E-state index in [0.29, 0.717) is 11.8 Å². The molecule has 5 heteroatoms. The number of ether oxygens (including phenoxy) is 1. The molecule has 20 heavy (non-hydrogen) atoms. The van der Waals surface area contributed by atoms with Gasteiger partial charge in [0, 0.05) is 14.1 Å². The zero-order valence-corrected chi connectivity index (χ0v) is 13.4. The maximum atomic E-state index is 9.68. The summed E-state index contributed by atoms with van der Waals surface area (Å²) in [5.74, 6) is 1.17. The Morgan fingerprint density at radius 3 is 2.65 bits per heavy atom. The third kappa shape index (κ3) is 3.52. The van der Waals surface area contributed by atoms with Crippen LogP contribution in [0.25, 0.3) is 6.08 Å². The van der Waals surface area contributed by atoms with E-state index >= 15 is 0 Å². The Kier molecular flexibility index (Phi) is 5.43. The summed E-state index contributed by atoms with van der Waals surface area (Å²) in [6.07, 6.45) is 8.32. The number of rotatable bonds is 5. The summed E-state index contributed by atoms with van der Waals surface area (Å²) in [5.41, 5.74) is 1.12. The zero-order valence-electron chi connectivity index (χ0n) is 12.6. The number of thiazole rings is 1. The van der Waals surface area contributed by atoms with Crippen molar-refractivity contribution in [1.29, 1.82) is 0 Å². The predicted molar refractivity (Wildman–Crippen MR) is 84.6 cm³/mol. The van der Waals surface area contributed by atoms with E-state index in [0.717, 1.165) is 15.6 Å². The number of aliphatic hydroxyl groups is 1. The topological polar surface area (TPSA) is 45.6 Å². The fourth-order valence-corrected chi connectivity index (χ4v) is 3.60. The van der Waals surface area contributed by atoms with Crippen LogP contribution in [0, 0.1) is 5.92 Å². The summed E-state index contributed by atoms with van der Waals surface area (Å²) in [4.78, 5) is 7.44. The monoisotopic (exact) mass is 296 g/mol. The van der Waals surface area contributed by atoms with Gasteiger partial charge in [0.15, 0.2) is 5.13 Å². The van der Waals surface area contributed by atoms with Crippen LogP contribution < -0.4 is 9.64 Å². The second-order valence-corrected chi connectivity index (χ2v) is 6.49. The maximum absolute atomic E-state index is 9.68. The molecule has 0 aliphatic heterocycles. The molecular weight excluding hydrogens is 272 g/mol. The highest BCUT2D eigenvalue weighted by atomic mass is 32.1. The van der Waals surface area contributed by atoms with Gasteiger partial charge in [0.05, 0.1) is 18.6 Å². The summed E-state index contributed by atoms with van der Waals surface area (Å²) in [5, 5.41) is 10.6. The van der Waals surface area contributed by atoms with E-state index in [-0.39, 0.29) is 6.61 Å². The smallest absolute Gasteiger partial charge is 0.233 e. The van der Waals surface area contributed by atoms with Crippen LogP contribution >= 0.6 is 11.3 Å². The first-order valence-electron chi connectivity index (χ1n) is 7.19. The van der Waals surface area contributed by atoms with Gasteiger partial charge < -0.3 is 14.7 Å². The van der Waals surface area contributed by atoms with Crippen molar-refractivity contribution >= 4 is 22.5 Å². The van der Waals surface area contributed by atoms with Crippen LogP contribution in [-0.2, 0) is 0 Å². The number of methoxy groups -OCH3 is 1. The van der Waals surface area contributed by atoms with Crippen molar-refractivity contribution in [3.05, 3.63) is 10.5 Å². The van der Waals surface area contributed by atoms with Crippen molar-refractivity contribution in [3.8, 4) is 5.88 Å². The lowest BCUT2D eigenvalue weighted by Crippen LogP contribution is -2.11. The number of nitrogens with zero attached hydrogens (tertiary/aromatic N) is 2. The number of aromatic nitrogens is 1. The summed E-state index contributed by atoms with van der Waals surface area (Å²) >= 11 is 1.60. The number of aliphatic hydroxyl groups excluding tert-OH is 1. The molecular formula is C15H24N2O2S. The van der Waals surface area contributed by atoms with Gasteiger partial charge in [-0.15, -0.1) is 0 Å². The molecule has 1 aliphatic rings. The highest BCUT2D eigenvalue weighted by Gasteiger charge is 2.19. The third-order valence-corrected chi connectivity index (χ3v) is 4.97. The minimum atomic E-state index is 0.128. The predicted octanol–water partition coefficient (Wildman–Crippen LogP) is 3.17. The Bertz CT molecular complexity index is 462. The number of hydrogen-bond acceptors (Lipinski definition) is 5. The minimum absolute atomic E-state index is 0.128. The number of hydrogen-bond donors (Lipinski definition) is 1. The van der Waals surface area contributed by atoms with E-state index in [4.69, 9.17) is 4.74 Å². The van der Waals surface area contributed by atoms with Crippen molar-refractivity contribution in [3.63, 3.8) is 0 Å². The lowest BCUT2D eigenvalue weighted by molar-refractivity contribution is 0.295. The van der Waals surface area contributed by atoms with Gasteiger partial charge >= 0.3 is 0 Å². The van der Waals surface area contributed by atoms with Gasteiger partial charge in [-0.2, -0.15) is 4.98 Å². The Hall–Kier alpha value is -1.07. The summed E-state index contributed by atoms with van der Waals surface area (Å²) < 4.78 is 5.36. The van der Waals surface area contributed by atoms with Crippen molar-refractivity contribution in [2.45, 2.75) is 32.1 Å². The van der Waals surface area contributed by atoms with Gasteiger partial charge in [0.1, 0.15) is 0 Å². The lowest BCUT2D eigenvalue weighted by atomic mass is 9.84. The van der Waals surface area contributed by atoms with E-state index in [1.165, 1.54) is 32.1 Å². The molecule has 2 rings (SSSR count). The fraction of sp³-hybridized carbons (Fsp3) is 0.667. The Morgan fingerprint density at radius 1 is 1.40 bits per heavy atom. The van der Waals surface area contributed by atoms with E-state index in [2.05, 4.69) is 11.1 Å². The molecule has 1 fully saturated rings. The summed E-state index contributed by atoms with van der Waals surface area (Å²) in [7, 11) is 5.59. The first-order valence-corrected chi connectivity index (χ1v) is 8.00. The van der Waals surface area contributed by atoms with Gasteiger partial charge in [0.25, 0.3) is 0 Å². The van der Waals surface area contributed by atoms with Gasteiger partial charge in [-0.3, -0.25) is 0 Å². The molecule has 0 unspecified atom stereocenters. The molecule has 0 atom stereocenters. The SMILES string of the molecule is COc1nc(N(C)C)sc1/C=C(/CO)C1CCCCC1. The van der Waals surface area contributed by atoms with Gasteiger partial charge in [-0.25, -0.2) is 0 Å². The maximum Gasteiger partial charge on any atom is 0.233 e. The van der Waals surface area contributed by atoms with E-state index in [1.807, 2.05) is 19.0 Å². The van der Waals surface area contributed by atoms with E-state index in [9.17, 15) is 5.11 Å². The molecule has 1 saturated carbocycles. The number of anilines is 1. The van der Waals surface area contributed by atoms with Crippen LogP contribution in [0.15, 0.2) is 5.57 Å². The van der Waals surface area contributed by atoms with Crippen LogP contribution in [0.2, 0.25) is 0 Å². The normalized spacial score (nSPS) is 17.3. The van der Waals surface area contributed by atoms with Gasteiger partial charge in [-0.1, -0.05) is 30.6 Å². The lowest BCUT2D eigenvalue weighted by Gasteiger charge is -2.23. The van der Waals surface area contributed by atoms with Crippen LogP contribution in [0.1, 0.15) is 37.0 Å². The van der Waals surface area contributed by atoms with Crippen molar-refractivity contribution in [2.75, 3.05) is 32.7 Å². The van der Waals surface area contributed by atoms with E-state index < -0.39 is 0 Å². The highest BCUT2D eigenvalue weighted by Crippen LogP contribution is 2.36. The quantitative estimate of drug-likeness (QED) is 0.906. The molecule has 0 bridgehead atoms. The van der Waals surface area contributed by atoms with Crippen molar-refractivity contribution in [2.24, 2.45) is 5.92 Å². The molecule has 0 aromatic carbocycles. The Balaban J connectivity index is 2.25. The molecule has 0 saturated heterocycles. The zero-order chi connectivity index (χ0) is 14.5. The average Bonchev–Trinajstić information content (AvgIpc) is 2.89. The average molecular weight is 296 g/mol. The van der Waals surface area contributed by atoms with Gasteiger partial charge in [-0.05, 0) is 30.4 Å². The molecule has 0 amide bonds. The summed E-state index contributed by atoms with van der Waals surface area (Å²) in [6.45, 7) is 0.128. The summed E-state index contributed by atoms with van der Waals surface area (Å²) in [6, 6.07) is 0. The van der Waals surface area contributed by atoms with Crippen LogP contribution in [0.4, 0.5) is 5.13 Å². The minimum Gasteiger partial charge on any atom is -0.480 e. The second-order valence-electron chi connectivity index (χ2n) is 5.48. The molecule has 0 spiro atoms. The molecule has 112 valence electrons. The third-order valence-electron chi connectivity index (χ3n) is 3.81. The second kappa shape index (κ2) is 7.09. The first-order chi connectivity index (χ1) is 9.65. The van der Waals surface area contributed by atoms with Crippen LogP contribution in [0.3, 0.4) is 0 Å². The molecule has 1 aromatic rings. The van der Waals surface area contributed by atoms with Gasteiger partial charge in [0.2, 0.25) is 5.88 Å². The molecule has 1 N–H and O–H groups in total. The molecule has 1 aromatic heterocycles. The van der Waals surface area contributed by atoms with Crippen LogP contribution in [0.5, 0.6) is 5.88 Å². The van der Waals surface area contributed by atoms with Crippen LogP contribution in [-0.4, -0.2) is 37.9 Å².